The fourth-order valence-electron chi connectivity index (χ4n) is 4.78. The number of nitrogens with zero attached hydrogens (tertiary/aromatic N) is 2. The SMILES string of the molecule is c1ccc(C2(c3ccccc3)c3ccccc3-c3cnc(-c4ccccc4)nc32)cc#1. The van der Waals surface area contributed by atoms with Crippen LogP contribution in [0.1, 0.15) is 22.4 Å². The first-order chi connectivity index (χ1) is 15.4. The fraction of sp³-hybridized carbons (Fsp3) is 0.0345. The molecule has 4 aromatic carbocycles. The minimum Gasteiger partial charge on any atom is -0.236 e. The van der Waals surface area contributed by atoms with E-state index in [-0.39, 0.29) is 0 Å². The molecular formula is C29H18N2. The monoisotopic (exact) mass is 394 g/mol. The molecule has 0 aliphatic heterocycles. The van der Waals surface area contributed by atoms with Crippen molar-refractivity contribution in [1.82, 2.24) is 9.97 Å². The summed E-state index contributed by atoms with van der Waals surface area (Å²) in [6, 6.07) is 41.7. The summed E-state index contributed by atoms with van der Waals surface area (Å²) < 4.78 is 0. The first-order valence-corrected chi connectivity index (χ1v) is 10.4. The molecule has 1 heterocycles. The van der Waals surface area contributed by atoms with Crippen LogP contribution in [-0.4, -0.2) is 9.97 Å². The number of benzene rings is 3. The minimum atomic E-state index is -0.536. The lowest BCUT2D eigenvalue weighted by Crippen LogP contribution is -2.29. The summed E-state index contributed by atoms with van der Waals surface area (Å²) in [6.45, 7) is 0. The van der Waals surface area contributed by atoms with Crippen molar-refractivity contribution in [3.8, 4) is 22.5 Å². The highest BCUT2D eigenvalue weighted by Gasteiger charge is 2.47. The van der Waals surface area contributed by atoms with E-state index in [4.69, 9.17) is 9.97 Å². The molecular weight excluding hydrogens is 376 g/mol. The lowest BCUT2D eigenvalue weighted by molar-refractivity contribution is 0.736. The number of rotatable bonds is 3. The third-order valence-electron chi connectivity index (χ3n) is 6.09. The molecule has 0 fully saturated rings. The summed E-state index contributed by atoms with van der Waals surface area (Å²) in [7, 11) is 0. The minimum absolute atomic E-state index is 0.536. The van der Waals surface area contributed by atoms with E-state index in [2.05, 4.69) is 84.9 Å². The highest BCUT2D eigenvalue weighted by Crippen LogP contribution is 2.55. The Bertz CT molecular complexity index is 1320. The number of fused-ring (bicyclic) bond motifs is 3. The van der Waals surface area contributed by atoms with Gasteiger partial charge in [0.1, 0.15) is 0 Å². The van der Waals surface area contributed by atoms with Gasteiger partial charge in [-0.3, -0.25) is 0 Å². The lowest BCUT2D eigenvalue weighted by atomic mass is 9.69. The molecule has 0 N–H and O–H groups in total. The van der Waals surface area contributed by atoms with Gasteiger partial charge < -0.3 is 0 Å². The van der Waals surface area contributed by atoms with Gasteiger partial charge in [0.25, 0.3) is 0 Å². The van der Waals surface area contributed by atoms with Crippen LogP contribution >= 0.6 is 0 Å². The largest absolute Gasteiger partial charge is 0.236 e. The fourth-order valence-corrected chi connectivity index (χ4v) is 4.78. The van der Waals surface area contributed by atoms with Crippen molar-refractivity contribution >= 4 is 0 Å². The molecule has 0 bridgehead atoms. The van der Waals surface area contributed by atoms with E-state index in [1.54, 1.807) is 0 Å². The molecule has 6 rings (SSSR count). The van der Waals surface area contributed by atoms with Crippen LogP contribution in [0.5, 0.6) is 0 Å². The van der Waals surface area contributed by atoms with Crippen LogP contribution in [0.3, 0.4) is 0 Å². The van der Waals surface area contributed by atoms with Gasteiger partial charge in [-0.1, -0.05) is 97.1 Å². The van der Waals surface area contributed by atoms with Crippen molar-refractivity contribution in [3.05, 3.63) is 144 Å². The Labute approximate surface area is 181 Å². The standard InChI is InChI=1S/C29H18N2/c1-4-12-21(13-5-1)28-30-20-25-24-18-10-11-19-26(24)29(27(25)31-28,22-14-6-2-7-15-22)23-16-8-3-9-17-23/h1-2,4-8,10-20H. The Hall–Kier alpha value is -4.22. The molecule has 31 heavy (non-hydrogen) atoms. The number of aromatic nitrogens is 2. The average Bonchev–Trinajstić information content (AvgIpc) is 3.16. The zero-order chi connectivity index (χ0) is 20.7. The van der Waals surface area contributed by atoms with E-state index in [1.807, 2.05) is 36.5 Å². The molecule has 0 radical (unpaired) electrons. The predicted octanol–water partition coefficient (Wildman–Crippen LogP) is 6.11. The van der Waals surface area contributed by atoms with Crippen LogP contribution in [0.2, 0.25) is 0 Å². The molecule has 2 nitrogen and oxygen atoms in total. The lowest BCUT2D eigenvalue weighted by Gasteiger charge is -2.32. The highest BCUT2D eigenvalue weighted by atomic mass is 14.9. The number of hydrogen-bond acceptors (Lipinski definition) is 2. The Balaban J connectivity index is 1.74. The normalized spacial score (nSPS) is 13.2. The molecule has 1 atom stereocenters. The molecule has 0 saturated carbocycles. The summed E-state index contributed by atoms with van der Waals surface area (Å²) in [5, 5.41) is 0. The zero-order valence-corrected chi connectivity index (χ0v) is 16.8. The summed E-state index contributed by atoms with van der Waals surface area (Å²) in [5.74, 6) is 0.735. The van der Waals surface area contributed by atoms with Gasteiger partial charge in [-0.25, -0.2) is 9.97 Å². The third-order valence-corrected chi connectivity index (χ3v) is 6.09. The van der Waals surface area contributed by atoms with Crippen LogP contribution in [-0.2, 0) is 5.41 Å². The second kappa shape index (κ2) is 6.93. The van der Waals surface area contributed by atoms with Gasteiger partial charge in [-0.15, -0.1) is 0 Å². The van der Waals surface area contributed by atoms with Crippen molar-refractivity contribution in [2.75, 3.05) is 0 Å². The summed E-state index contributed by atoms with van der Waals surface area (Å²) in [5.41, 5.74) is 7.26. The topological polar surface area (TPSA) is 25.8 Å². The molecule has 5 aromatic rings. The van der Waals surface area contributed by atoms with Crippen molar-refractivity contribution in [2.24, 2.45) is 0 Å². The smallest absolute Gasteiger partial charge is 0.159 e. The molecule has 2 heteroatoms. The van der Waals surface area contributed by atoms with Gasteiger partial charge in [0.15, 0.2) is 5.82 Å². The van der Waals surface area contributed by atoms with Crippen LogP contribution in [0.4, 0.5) is 0 Å². The first kappa shape index (κ1) is 17.6. The number of hydrogen-bond donors (Lipinski definition) is 0. The maximum atomic E-state index is 5.21. The van der Waals surface area contributed by atoms with Crippen molar-refractivity contribution < 1.29 is 0 Å². The van der Waals surface area contributed by atoms with E-state index in [1.165, 1.54) is 16.7 Å². The first-order valence-electron chi connectivity index (χ1n) is 10.4. The maximum absolute atomic E-state index is 5.21. The van der Waals surface area contributed by atoms with Gasteiger partial charge in [-0.2, -0.15) is 0 Å². The van der Waals surface area contributed by atoms with E-state index in [0.717, 1.165) is 28.2 Å². The average molecular weight is 394 g/mol. The van der Waals surface area contributed by atoms with Gasteiger partial charge >= 0.3 is 0 Å². The molecule has 1 aliphatic rings. The van der Waals surface area contributed by atoms with E-state index >= 15 is 0 Å². The van der Waals surface area contributed by atoms with Crippen LogP contribution in [0.25, 0.3) is 22.5 Å². The molecule has 1 aromatic heterocycles. The zero-order valence-electron chi connectivity index (χ0n) is 16.8. The maximum Gasteiger partial charge on any atom is 0.159 e. The Kier molecular flexibility index (Phi) is 3.94. The van der Waals surface area contributed by atoms with Crippen LogP contribution in [0, 0.1) is 12.1 Å². The van der Waals surface area contributed by atoms with Gasteiger partial charge in [0.2, 0.25) is 0 Å². The highest BCUT2D eigenvalue weighted by molar-refractivity contribution is 5.85. The van der Waals surface area contributed by atoms with Gasteiger partial charge in [0, 0.05) is 17.3 Å². The molecule has 1 unspecified atom stereocenters. The molecule has 144 valence electrons. The molecule has 1 aliphatic carbocycles. The van der Waals surface area contributed by atoms with Crippen molar-refractivity contribution in [3.63, 3.8) is 0 Å². The molecule has 0 spiro atoms. The predicted molar refractivity (Wildman–Crippen MR) is 122 cm³/mol. The Morgan fingerprint density at radius 1 is 0.645 bits per heavy atom. The third kappa shape index (κ3) is 2.54. The second-order valence-corrected chi connectivity index (χ2v) is 7.71. The second-order valence-electron chi connectivity index (χ2n) is 7.71. The van der Waals surface area contributed by atoms with Gasteiger partial charge in [0.05, 0.1) is 11.1 Å². The summed E-state index contributed by atoms with van der Waals surface area (Å²) in [4.78, 5) is 9.96. The van der Waals surface area contributed by atoms with E-state index in [9.17, 15) is 0 Å². The molecule has 0 amide bonds. The van der Waals surface area contributed by atoms with Gasteiger partial charge in [-0.05, 0) is 40.5 Å². The Morgan fingerprint density at radius 2 is 1.39 bits per heavy atom. The quantitative estimate of drug-likeness (QED) is 0.362. The van der Waals surface area contributed by atoms with E-state index in [0.29, 0.717) is 0 Å². The molecule has 0 saturated heterocycles. The Morgan fingerprint density at radius 3 is 2.16 bits per heavy atom. The van der Waals surface area contributed by atoms with Crippen LogP contribution in [0.15, 0.2) is 109 Å². The summed E-state index contributed by atoms with van der Waals surface area (Å²) >= 11 is 0. The summed E-state index contributed by atoms with van der Waals surface area (Å²) in [6.07, 6.45) is 1.98. The van der Waals surface area contributed by atoms with E-state index < -0.39 is 5.41 Å². The van der Waals surface area contributed by atoms with Crippen molar-refractivity contribution in [1.29, 1.82) is 0 Å². The van der Waals surface area contributed by atoms with Crippen molar-refractivity contribution in [2.45, 2.75) is 5.41 Å². The van der Waals surface area contributed by atoms with Crippen LogP contribution < -0.4 is 0 Å².